The Balaban J connectivity index is 3.38. The number of nitrogen functional groups attached to an aromatic ring is 1. The minimum absolute atomic E-state index is 0.0185. The van der Waals surface area contributed by atoms with Crippen molar-refractivity contribution in [1.82, 2.24) is 14.9 Å². The van der Waals surface area contributed by atoms with Crippen molar-refractivity contribution in [3.8, 4) is 0 Å². The van der Waals surface area contributed by atoms with Crippen molar-refractivity contribution in [2.45, 2.75) is 34.2 Å². The van der Waals surface area contributed by atoms with Crippen LogP contribution in [0.3, 0.4) is 0 Å². The molecule has 0 aliphatic carbocycles. The molecule has 0 atom stereocenters. The van der Waals surface area contributed by atoms with Gasteiger partial charge in [0.1, 0.15) is 11.5 Å². The standard InChI is InChI=1S/C15H26N6O4/c1-8(2)5-20(7-10(22)18-14(17)24)11-12(16)21(6-9(3)4)15(25)19-13(11)23/h8-9H,5-7,16H2,1-4H3,(H,19,23,25)(H3,17,18,22,24). The Morgan fingerprint density at radius 1 is 1.20 bits per heavy atom. The van der Waals surface area contributed by atoms with Gasteiger partial charge in [-0.15, -0.1) is 0 Å². The van der Waals surface area contributed by atoms with Gasteiger partial charge >= 0.3 is 11.7 Å². The van der Waals surface area contributed by atoms with Crippen LogP contribution in [0.1, 0.15) is 27.7 Å². The van der Waals surface area contributed by atoms with E-state index in [1.54, 1.807) is 0 Å². The fraction of sp³-hybridized carbons (Fsp3) is 0.600. The first-order valence-corrected chi connectivity index (χ1v) is 7.99. The van der Waals surface area contributed by atoms with Crippen molar-refractivity contribution < 1.29 is 9.59 Å². The number of aromatic nitrogens is 2. The number of amides is 3. The molecule has 0 bridgehead atoms. The lowest BCUT2D eigenvalue weighted by Gasteiger charge is -2.27. The van der Waals surface area contributed by atoms with Crippen LogP contribution in [0.15, 0.2) is 9.59 Å². The van der Waals surface area contributed by atoms with E-state index >= 15 is 0 Å². The van der Waals surface area contributed by atoms with Crippen molar-refractivity contribution in [3.05, 3.63) is 20.8 Å². The van der Waals surface area contributed by atoms with Gasteiger partial charge in [0.25, 0.3) is 5.56 Å². The lowest BCUT2D eigenvalue weighted by molar-refractivity contribution is -0.118. The van der Waals surface area contributed by atoms with Crippen molar-refractivity contribution >= 4 is 23.4 Å². The fourth-order valence-electron chi connectivity index (χ4n) is 2.46. The van der Waals surface area contributed by atoms with E-state index in [0.29, 0.717) is 13.1 Å². The number of nitrogens with zero attached hydrogens (tertiary/aromatic N) is 2. The van der Waals surface area contributed by atoms with Gasteiger partial charge in [0.15, 0.2) is 0 Å². The van der Waals surface area contributed by atoms with E-state index in [0.717, 1.165) is 0 Å². The number of nitrogens with one attached hydrogen (secondary N) is 2. The van der Waals surface area contributed by atoms with Crippen molar-refractivity contribution in [3.63, 3.8) is 0 Å². The first-order chi connectivity index (χ1) is 11.5. The molecule has 1 heterocycles. The summed E-state index contributed by atoms with van der Waals surface area (Å²) in [7, 11) is 0. The maximum atomic E-state index is 12.3. The summed E-state index contributed by atoms with van der Waals surface area (Å²) in [6.45, 7) is 7.94. The lowest BCUT2D eigenvalue weighted by atomic mass is 10.2. The average molecular weight is 354 g/mol. The number of aromatic amines is 1. The predicted molar refractivity (Wildman–Crippen MR) is 95.4 cm³/mol. The third-order valence-electron chi connectivity index (χ3n) is 3.26. The summed E-state index contributed by atoms with van der Waals surface area (Å²) in [4.78, 5) is 50.7. The van der Waals surface area contributed by atoms with Gasteiger partial charge in [0, 0.05) is 13.1 Å². The van der Waals surface area contributed by atoms with Crippen LogP contribution in [-0.4, -0.2) is 34.6 Å². The van der Waals surface area contributed by atoms with Gasteiger partial charge in [0.05, 0.1) is 6.54 Å². The van der Waals surface area contributed by atoms with Crippen LogP contribution < -0.4 is 32.9 Å². The molecule has 1 aromatic rings. The number of carbonyl (C=O) groups excluding carboxylic acids is 2. The highest BCUT2D eigenvalue weighted by atomic mass is 16.2. The Hall–Kier alpha value is -2.78. The Bertz CT molecular complexity index is 749. The third kappa shape index (κ3) is 5.66. The van der Waals surface area contributed by atoms with Gasteiger partial charge in [-0.1, -0.05) is 27.7 Å². The van der Waals surface area contributed by atoms with Crippen LogP contribution in [-0.2, 0) is 11.3 Å². The quantitative estimate of drug-likeness (QED) is 0.514. The van der Waals surface area contributed by atoms with E-state index in [-0.39, 0.29) is 29.9 Å². The second-order valence-electron chi connectivity index (χ2n) is 6.68. The largest absolute Gasteiger partial charge is 0.383 e. The van der Waals surface area contributed by atoms with E-state index in [1.165, 1.54) is 9.47 Å². The Morgan fingerprint density at radius 3 is 2.28 bits per heavy atom. The molecule has 1 rings (SSSR count). The molecule has 0 radical (unpaired) electrons. The van der Waals surface area contributed by atoms with Gasteiger partial charge in [-0.25, -0.2) is 9.59 Å². The topological polar surface area (TPSA) is 156 Å². The smallest absolute Gasteiger partial charge is 0.330 e. The van der Waals surface area contributed by atoms with Crippen molar-refractivity contribution in [2.75, 3.05) is 23.7 Å². The molecule has 0 spiro atoms. The van der Waals surface area contributed by atoms with Crippen LogP contribution in [0.4, 0.5) is 16.3 Å². The average Bonchev–Trinajstić information content (AvgIpc) is 2.41. The molecule has 140 valence electrons. The number of primary amides is 1. The van der Waals surface area contributed by atoms with Crippen molar-refractivity contribution in [1.29, 1.82) is 0 Å². The summed E-state index contributed by atoms with van der Waals surface area (Å²) in [6.07, 6.45) is 0. The van der Waals surface area contributed by atoms with Crippen molar-refractivity contribution in [2.24, 2.45) is 17.6 Å². The molecule has 0 aliphatic rings. The molecule has 25 heavy (non-hydrogen) atoms. The van der Waals surface area contributed by atoms with Gasteiger partial charge in [-0.3, -0.25) is 24.5 Å². The van der Waals surface area contributed by atoms with Crippen LogP contribution in [0.5, 0.6) is 0 Å². The summed E-state index contributed by atoms with van der Waals surface area (Å²) in [6, 6.07) is -0.985. The maximum Gasteiger partial charge on any atom is 0.330 e. The number of H-pyrrole nitrogens is 1. The number of carbonyl (C=O) groups is 2. The molecule has 0 saturated carbocycles. The summed E-state index contributed by atoms with van der Waals surface area (Å²) < 4.78 is 1.26. The van der Waals surface area contributed by atoms with Gasteiger partial charge < -0.3 is 16.4 Å². The monoisotopic (exact) mass is 354 g/mol. The number of imide groups is 1. The molecule has 0 fully saturated rings. The zero-order chi connectivity index (χ0) is 19.3. The summed E-state index contributed by atoms with van der Waals surface area (Å²) >= 11 is 0. The third-order valence-corrected chi connectivity index (χ3v) is 3.26. The van der Waals surface area contributed by atoms with E-state index in [1.807, 2.05) is 33.0 Å². The molecule has 0 aromatic carbocycles. The lowest BCUT2D eigenvalue weighted by Crippen LogP contribution is -2.46. The normalized spacial score (nSPS) is 11.0. The van der Waals surface area contributed by atoms with E-state index in [9.17, 15) is 19.2 Å². The number of urea groups is 1. The highest BCUT2D eigenvalue weighted by molar-refractivity contribution is 5.96. The number of rotatable bonds is 7. The minimum atomic E-state index is -0.985. The summed E-state index contributed by atoms with van der Waals surface area (Å²) in [5.41, 5.74) is 9.74. The SMILES string of the molecule is CC(C)CN(CC(=O)NC(N)=O)c1c(N)n(CC(C)C)c(=O)[nH]c1=O. The summed E-state index contributed by atoms with van der Waals surface area (Å²) in [5.74, 6) is -0.482. The number of anilines is 2. The van der Waals surface area contributed by atoms with Gasteiger partial charge in [-0.05, 0) is 11.8 Å². The molecule has 0 unspecified atom stereocenters. The van der Waals surface area contributed by atoms with Crippen LogP contribution in [0.25, 0.3) is 0 Å². The van der Waals surface area contributed by atoms with E-state index in [2.05, 4.69) is 4.98 Å². The van der Waals surface area contributed by atoms with Crippen LogP contribution in [0.2, 0.25) is 0 Å². The Morgan fingerprint density at radius 2 is 1.80 bits per heavy atom. The van der Waals surface area contributed by atoms with Gasteiger partial charge in [-0.2, -0.15) is 0 Å². The molecular formula is C15H26N6O4. The number of hydrogen-bond donors (Lipinski definition) is 4. The molecule has 0 saturated heterocycles. The zero-order valence-electron chi connectivity index (χ0n) is 15.0. The molecule has 0 aliphatic heterocycles. The van der Waals surface area contributed by atoms with Crippen LogP contribution >= 0.6 is 0 Å². The zero-order valence-corrected chi connectivity index (χ0v) is 15.0. The molecule has 6 N–H and O–H groups in total. The fourth-order valence-corrected chi connectivity index (χ4v) is 2.46. The number of nitrogens with two attached hydrogens (primary N) is 2. The van der Waals surface area contributed by atoms with E-state index in [4.69, 9.17) is 11.5 Å². The number of hydrogen-bond acceptors (Lipinski definition) is 6. The minimum Gasteiger partial charge on any atom is -0.383 e. The first-order valence-electron chi connectivity index (χ1n) is 7.99. The van der Waals surface area contributed by atoms with E-state index < -0.39 is 23.2 Å². The second kappa shape index (κ2) is 8.36. The maximum absolute atomic E-state index is 12.3. The molecule has 3 amide bonds. The van der Waals surface area contributed by atoms with Gasteiger partial charge in [0.2, 0.25) is 5.91 Å². The first kappa shape index (κ1) is 20.3. The molecule has 10 heteroatoms. The second-order valence-corrected chi connectivity index (χ2v) is 6.68. The molecule has 1 aromatic heterocycles. The predicted octanol–water partition coefficient (Wildman–Crippen LogP) is -0.568. The highest BCUT2D eigenvalue weighted by Crippen LogP contribution is 2.18. The Labute approximate surface area is 145 Å². The highest BCUT2D eigenvalue weighted by Gasteiger charge is 2.22. The molecular weight excluding hydrogens is 328 g/mol. The molecule has 10 nitrogen and oxygen atoms in total. The summed E-state index contributed by atoms with van der Waals surface area (Å²) in [5, 5.41) is 1.95. The Kier molecular flexibility index (Phi) is 6.77. The van der Waals surface area contributed by atoms with Crippen LogP contribution in [0, 0.1) is 11.8 Å².